The molecule has 0 aliphatic carbocycles. The molecule has 114 valence electrons. The van der Waals surface area contributed by atoms with Crippen LogP contribution in [0.15, 0.2) is 24.3 Å². The van der Waals surface area contributed by atoms with Crippen molar-refractivity contribution in [2.45, 2.75) is 46.2 Å². The van der Waals surface area contributed by atoms with Gasteiger partial charge in [-0.05, 0) is 49.6 Å². The fourth-order valence-corrected chi connectivity index (χ4v) is 2.76. The Morgan fingerprint density at radius 2 is 2.10 bits per heavy atom. The van der Waals surface area contributed by atoms with Gasteiger partial charge in [0.05, 0.1) is 11.7 Å². The summed E-state index contributed by atoms with van der Waals surface area (Å²) in [6.07, 6.45) is 1.73. The van der Waals surface area contributed by atoms with E-state index in [1.807, 2.05) is 22.9 Å². The summed E-state index contributed by atoms with van der Waals surface area (Å²) in [6.45, 7) is 7.16. The molecule has 0 bridgehead atoms. The van der Waals surface area contributed by atoms with Crippen LogP contribution < -0.4 is 11.3 Å². The molecule has 4 nitrogen and oxygen atoms in total. The lowest BCUT2D eigenvalue weighted by atomic mass is 9.98. The fraction of sp³-hybridized carbons (Fsp3) is 0.438. The van der Waals surface area contributed by atoms with Crippen LogP contribution in [0.25, 0.3) is 0 Å². The number of nitrogens with one attached hydrogen (secondary N) is 1. The SMILES string of the molecule is CCc1cc(CC(NN)c2cc(Cl)ccc2C)n(CC)n1. The van der Waals surface area contributed by atoms with Crippen LogP contribution >= 0.6 is 11.6 Å². The Morgan fingerprint density at radius 3 is 2.71 bits per heavy atom. The highest BCUT2D eigenvalue weighted by Gasteiger charge is 2.16. The van der Waals surface area contributed by atoms with Gasteiger partial charge in [0.1, 0.15) is 0 Å². The third-order valence-corrected chi connectivity index (χ3v) is 4.04. The van der Waals surface area contributed by atoms with Gasteiger partial charge in [0, 0.05) is 23.7 Å². The third-order valence-electron chi connectivity index (χ3n) is 3.81. The number of nitrogens with zero attached hydrogens (tertiary/aromatic N) is 2. The Balaban J connectivity index is 2.30. The van der Waals surface area contributed by atoms with Gasteiger partial charge in [-0.1, -0.05) is 24.6 Å². The van der Waals surface area contributed by atoms with Crippen LogP contribution in [0.4, 0.5) is 0 Å². The van der Waals surface area contributed by atoms with Crippen molar-refractivity contribution in [3.8, 4) is 0 Å². The Kier molecular flexibility index (Phi) is 5.39. The maximum absolute atomic E-state index is 6.12. The number of hydrazine groups is 1. The summed E-state index contributed by atoms with van der Waals surface area (Å²) >= 11 is 6.12. The van der Waals surface area contributed by atoms with E-state index in [4.69, 9.17) is 17.4 Å². The molecular formula is C16H23ClN4. The normalized spacial score (nSPS) is 12.6. The molecule has 3 N–H and O–H groups in total. The second-order valence-electron chi connectivity index (χ2n) is 5.22. The van der Waals surface area contributed by atoms with Crippen LogP contribution in [-0.4, -0.2) is 9.78 Å². The molecule has 1 aromatic carbocycles. The van der Waals surface area contributed by atoms with E-state index in [9.17, 15) is 0 Å². The van der Waals surface area contributed by atoms with Gasteiger partial charge in [-0.25, -0.2) is 0 Å². The van der Waals surface area contributed by atoms with Gasteiger partial charge in [0.2, 0.25) is 0 Å². The minimum absolute atomic E-state index is 0.0235. The highest BCUT2D eigenvalue weighted by Crippen LogP contribution is 2.25. The Morgan fingerprint density at radius 1 is 1.33 bits per heavy atom. The smallest absolute Gasteiger partial charge is 0.0624 e. The fourth-order valence-electron chi connectivity index (χ4n) is 2.58. The molecule has 2 aromatic rings. The largest absolute Gasteiger partial charge is 0.271 e. The molecule has 0 saturated carbocycles. The van der Waals surface area contributed by atoms with Crippen LogP contribution in [0.2, 0.25) is 5.02 Å². The molecule has 1 unspecified atom stereocenters. The first-order valence-electron chi connectivity index (χ1n) is 7.36. The monoisotopic (exact) mass is 306 g/mol. The van der Waals surface area contributed by atoms with E-state index in [-0.39, 0.29) is 6.04 Å². The summed E-state index contributed by atoms with van der Waals surface area (Å²) in [6, 6.07) is 8.09. The molecule has 0 amide bonds. The number of nitrogens with two attached hydrogens (primary N) is 1. The van der Waals surface area contributed by atoms with Crippen molar-refractivity contribution in [2.75, 3.05) is 0 Å². The molecule has 0 fully saturated rings. The van der Waals surface area contributed by atoms with Crippen LogP contribution in [0.1, 0.15) is 42.4 Å². The molecule has 0 aliphatic rings. The zero-order valence-corrected chi connectivity index (χ0v) is 13.6. The minimum atomic E-state index is 0.0235. The van der Waals surface area contributed by atoms with E-state index >= 15 is 0 Å². The standard InChI is InChI=1S/C16H23ClN4/c1-4-13-9-14(21(5-2)20-13)10-16(19-18)15-8-12(17)7-6-11(15)3/h6-9,16,19H,4-5,10,18H2,1-3H3. The molecule has 0 spiro atoms. The first-order valence-corrected chi connectivity index (χ1v) is 7.74. The number of rotatable bonds is 6. The third kappa shape index (κ3) is 3.64. The molecule has 1 aromatic heterocycles. The van der Waals surface area contributed by atoms with E-state index in [1.165, 1.54) is 11.3 Å². The van der Waals surface area contributed by atoms with Crippen molar-refractivity contribution in [3.05, 3.63) is 51.8 Å². The van der Waals surface area contributed by atoms with Crippen molar-refractivity contribution in [1.29, 1.82) is 0 Å². The molecule has 2 rings (SSSR count). The molecule has 21 heavy (non-hydrogen) atoms. The van der Waals surface area contributed by atoms with Gasteiger partial charge in [0.25, 0.3) is 0 Å². The molecular weight excluding hydrogens is 284 g/mol. The number of benzene rings is 1. The van der Waals surface area contributed by atoms with Crippen LogP contribution in [0.3, 0.4) is 0 Å². The van der Waals surface area contributed by atoms with E-state index in [2.05, 4.69) is 37.4 Å². The maximum Gasteiger partial charge on any atom is 0.0624 e. The minimum Gasteiger partial charge on any atom is -0.271 e. The lowest BCUT2D eigenvalue weighted by molar-refractivity contribution is 0.515. The Hall–Kier alpha value is -1.36. The summed E-state index contributed by atoms with van der Waals surface area (Å²) in [5, 5.41) is 5.32. The first kappa shape index (κ1) is 16.0. The van der Waals surface area contributed by atoms with Gasteiger partial charge >= 0.3 is 0 Å². The first-order chi connectivity index (χ1) is 10.1. The molecule has 0 aliphatic heterocycles. The second kappa shape index (κ2) is 7.07. The predicted octanol–water partition coefficient (Wildman–Crippen LogP) is 3.17. The van der Waals surface area contributed by atoms with Crippen molar-refractivity contribution in [2.24, 2.45) is 5.84 Å². The summed E-state index contributed by atoms with van der Waals surface area (Å²) in [7, 11) is 0. The molecule has 0 saturated heterocycles. The molecule has 1 atom stereocenters. The summed E-state index contributed by atoms with van der Waals surface area (Å²) in [5.41, 5.74) is 7.53. The highest BCUT2D eigenvalue weighted by molar-refractivity contribution is 6.30. The summed E-state index contributed by atoms with van der Waals surface area (Å²) in [4.78, 5) is 0. The lowest BCUT2D eigenvalue weighted by Gasteiger charge is -2.19. The average molecular weight is 307 g/mol. The average Bonchev–Trinajstić information content (AvgIpc) is 2.89. The quantitative estimate of drug-likeness (QED) is 0.636. The number of hydrogen-bond donors (Lipinski definition) is 2. The number of halogens is 1. The molecule has 1 heterocycles. The zero-order valence-electron chi connectivity index (χ0n) is 12.9. The van der Waals surface area contributed by atoms with Gasteiger partial charge in [-0.2, -0.15) is 5.10 Å². The second-order valence-corrected chi connectivity index (χ2v) is 5.66. The number of hydrogen-bond acceptors (Lipinski definition) is 3. The van der Waals surface area contributed by atoms with E-state index in [1.54, 1.807) is 0 Å². The predicted molar refractivity (Wildman–Crippen MR) is 87.2 cm³/mol. The van der Waals surface area contributed by atoms with Crippen molar-refractivity contribution >= 4 is 11.6 Å². The van der Waals surface area contributed by atoms with Gasteiger partial charge in [0.15, 0.2) is 0 Å². The van der Waals surface area contributed by atoms with Crippen LogP contribution in [0.5, 0.6) is 0 Å². The Labute approximate surface area is 131 Å². The van der Waals surface area contributed by atoms with Crippen LogP contribution in [-0.2, 0) is 19.4 Å². The van der Waals surface area contributed by atoms with E-state index < -0.39 is 0 Å². The summed E-state index contributed by atoms with van der Waals surface area (Å²) < 4.78 is 2.04. The summed E-state index contributed by atoms with van der Waals surface area (Å²) in [5.74, 6) is 5.78. The molecule has 0 radical (unpaired) electrons. The van der Waals surface area contributed by atoms with Crippen molar-refractivity contribution in [1.82, 2.24) is 15.2 Å². The highest BCUT2D eigenvalue weighted by atomic mass is 35.5. The Bertz CT molecular complexity index is 606. The van der Waals surface area contributed by atoms with Gasteiger partial charge in [-0.15, -0.1) is 0 Å². The van der Waals surface area contributed by atoms with Crippen molar-refractivity contribution < 1.29 is 0 Å². The number of aromatic nitrogens is 2. The van der Waals surface area contributed by atoms with Gasteiger partial charge in [-0.3, -0.25) is 16.0 Å². The maximum atomic E-state index is 6.12. The number of aryl methyl sites for hydroxylation is 3. The van der Waals surface area contributed by atoms with E-state index in [0.717, 1.165) is 35.7 Å². The van der Waals surface area contributed by atoms with Gasteiger partial charge < -0.3 is 0 Å². The zero-order chi connectivity index (χ0) is 15.4. The lowest BCUT2D eigenvalue weighted by Crippen LogP contribution is -2.30. The topological polar surface area (TPSA) is 55.9 Å². The molecule has 5 heteroatoms. The van der Waals surface area contributed by atoms with Crippen molar-refractivity contribution in [3.63, 3.8) is 0 Å². The van der Waals surface area contributed by atoms with Crippen LogP contribution in [0, 0.1) is 6.92 Å². The van der Waals surface area contributed by atoms with E-state index in [0.29, 0.717) is 0 Å².